The number of hydrogen-bond donors (Lipinski definition) is 0. The van der Waals surface area contributed by atoms with E-state index in [1.807, 2.05) is 56.3 Å². The van der Waals surface area contributed by atoms with Crippen LogP contribution in [0, 0.1) is 6.92 Å². The predicted molar refractivity (Wildman–Crippen MR) is 172 cm³/mol. The first-order valence-electron chi connectivity index (χ1n) is 15.0. The van der Waals surface area contributed by atoms with Crippen LogP contribution >= 0.6 is 0 Å². The van der Waals surface area contributed by atoms with Crippen molar-refractivity contribution in [3.8, 4) is 17.2 Å². The van der Waals surface area contributed by atoms with E-state index in [2.05, 4.69) is 0 Å². The van der Waals surface area contributed by atoms with Crippen molar-refractivity contribution in [1.29, 1.82) is 0 Å². The Bertz CT molecular complexity index is 1770. The standard InChI is InChI=1S/C36H37NO8S/c1-5-31(27-9-7-6-8-10-27)37(46(40,41)30-18-11-24(2)12-19-30)32(36(39)42-4)21-26-13-20-33-34(22-26)43-23-35(45-33)28-14-16-29(17-15-28)44-25(3)38/h6-20,22,31-32,35H,5,21,23H2,1-4H3/t31-,32-,35+/m0/s1. The van der Waals surface area contributed by atoms with E-state index in [9.17, 15) is 18.0 Å². The first-order valence-corrected chi connectivity index (χ1v) is 16.5. The minimum absolute atomic E-state index is 0.0405. The van der Waals surface area contributed by atoms with Gasteiger partial charge in [0.1, 0.15) is 18.4 Å². The maximum absolute atomic E-state index is 14.4. The second-order valence-corrected chi connectivity index (χ2v) is 12.9. The molecule has 0 unspecified atom stereocenters. The molecule has 1 aliphatic heterocycles. The summed E-state index contributed by atoms with van der Waals surface area (Å²) in [6, 6.07) is 26.4. The molecule has 46 heavy (non-hydrogen) atoms. The lowest BCUT2D eigenvalue weighted by Crippen LogP contribution is -2.48. The van der Waals surface area contributed by atoms with E-state index in [4.69, 9.17) is 18.9 Å². The van der Waals surface area contributed by atoms with Crippen molar-refractivity contribution in [2.75, 3.05) is 13.7 Å². The molecular formula is C36H37NO8S. The lowest BCUT2D eigenvalue weighted by Gasteiger charge is -2.36. The number of carbonyl (C=O) groups is 2. The summed E-state index contributed by atoms with van der Waals surface area (Å²) in [5.74, 6) is 0.368. The molecule has 0 amide bonds. The molecule has 0 radical (unpaired) electrons. The zero-order valence-corrected chi connectivity index (χ0v) is 27.0. The normalized spacial score (nSPS) is 15.5. The Morgan fingerprint density at radius 2 is 1.63 bits per heavy atom. The molecular weight excluding hydrogens is 606 g/mol. The van der Waals surface area contributed by atoms with E-state index in [1.165, 1.54) is 18.3 Å². The van der Waals surface area contributed by atoms with Crippen molar-refractivity contribution >= 4 is 22.0 Å². The number of sulfonamides is 1. The van der Waals surface area contributed by atoms with Crippen molar-refractivity contribution < 1.29 is 37.0 Å². The minimum atomic E-state index is -4.17. The van der Waals surface area contributed by atoms with Crippen LogP contribution in [0.25, 0.3) is 0 Å². The van der Waals surface area contributed by atoms with Gasteiger partial charge >= 0.3 is 11.9 Å². The average Bonchev–Trinajstić information content (AvgIpc) is 3.06. The van der Waals surface area contributed by atoms with Gasteiger partial charge in [0.15, 0.2) is 17.6 Å². The smallest absolute Gasteiger partial charge is 0.324 e. The molecule has 10 heteroatoms. The Kier molecular flexibility index (Phi) is 10.1. The van der Waals surface area contributed by atoms with Crippen molar-refractivity contribution in [3.05, 3.63) is 119 Å². The van der Waals surface area contributed by atoms with Crippen molar-refractivity contribution in [3.63, 3.8) is 0 Å². The Hall–Kier alpha value is -4.67. The minimum Gasteiger partial charge on any atom is -0.485 e. The molecule has 3 atom stereocenters. The van der Waals surface area contributed by atoms with Crippen LogP contribution in [0.15, 0.2) is 102 Å². The molecule has 4 aromatic rings. The number of rotatable bonds is 11. The Balaban J connectivity index is 1.46. The van der Waals surface area contributed by atoms with Gasteiger partial charge in [0, 0.05) is 6.92 Å². The summed E-state index contributed by atoms with van der Waals surface area (Å²) in [5, 5.41) is 0. The SMILES string of the molecule is CC[C@@H](c1ccccc1)N([C@@H](Cc1ccc2c(c1)OC[C@H](c1ccc(OC(C)=O)cc1)O2)C(=O)OC)S(=O)(=O)c1ccc(C)cc1. The van der Waals surface area contributed by atoms with Crippen LogP contribution in [0.4, 0.5) is 0 Å². The highest BCUT2D eigenvalue weighted by molar-refractivity contribution is 7.89. The van der Waals surface area contributed by atoms with Gasteiger partial charge in [-0.05, 0) is 72.9 Å². The second-order valence-electron chi connectivity index (χ2n) is 11.1. The molecule has 5 rings (SSSR count). The van der Waals surface area contributed by atoms with Gasteiger partial charge in [-0.1, -0.05) is 73.2 Å². The molecule has 9 nitrogen and oxygen atoms in total. The highest BCUT2D eigenvalue weighted by Crippen LogP contribution is 2.39. The third-order valence-corrected chi connectivity index (χ3v) is 9.80. The summed E-state index contributed by atoms with van der Waals surface area (Å²) in [6.07, 6.45) is 0.0741. The molecule has 4 aromatic carbocycles. The van der Waals surface area contributed by atoms with E-state index in [0.717, 1.165) is 16.7 Å². The number of ether oxygens (including phenoxy) is 4. The summed E-state index contributed by atoms with van der Waals surface area (Å²) in [5.41, 5.74) is 3.21. The topological polar surface area (TPSA) is 108 Å². The Morgan fingerprint density at radius 1 is 0.935 bits per heavy atom. The second kappa shape index (κ2) is 14.2. The van der Waals surface area contributed by atoms with E-state index in [0.29, 0.717) is 29.2 Å². The van der Waals surface area contributed by atoms with Gasteiger partial charge < -0.3 is 18.9 Å². The summed E-state index contributed by atoms with van der Waals surface area (Å²) in [7, 11) is -2.91. The molecule has 0 spiro atoms. The van der Waals surface area contributed by atoms with Gasteiger partial charge in [-0.15, -0.1) is 0 Å². The molecule has 1 heterocycles. The maximum Gasteiger partial charge on any atom is 0.324 e. The van der Waals surface area contributed by atoms with Crippen molar-refractivity contribution in [1.82, 2.24) is 4.31 Å². The third-order valence-electron chi connectivity index (χ3n) is 7.87. The van der Waals surface area contributed by atoms with Crippen LogP contribution in [0.3, 0.4) is 0 Å². The van der Waals surface area contributed by atoms with Crippen LogP contribution < -0.4 is 14.2 Å². The number of hydrogen-bond acceptors (Lipinski definition) is 8. The highest BCUT2D eigenvalue weighted by Gasteiger charge is 2.42. The van der Waals surface area contributed by atoms with Gasteiger partial charge in [0.2, 0.25) is 10.0 Å². The fraction of sp³-hybridized carbons (Fsp3) is 0.278. The maximum atomic E-state index is 14.4. The lowest BCUT2D eigenvalue weighted by atomic mass is 10.00. The monoisotopic (exact) mass is 643 g/mol. The van der Waals surface area contributed by atoms with E-state index < -0.39 is 34.0 Å². The predicted octanol–water partition coefficient (Wildman–Crippen LogP) is 6.36. The van der Waals surface area contributed by atoms with Crippen LogP contribution in [0.2, 0.25) is 0 Å². The molecule has 0 aliphatic carbocycles. The largest absolute Gasteiger partial charge is 0.485 e. The molecule has 0 saturated heterocycles. The zero-order chi connectivity index (χ0) is 32.8. The number of esters is 2. The summed E-state index contributed by atoms with van der Waals surface area (Å²) in [6.45, 7) is 5.35. The fourth-order valence-electron chi connectivity index (χ4n) is 5.58. The van der Waals surface area contributed by atoms with Crippen molar-refractivity contribution in [2.24, 2.45) is 0 Å². The molecule has 240 valence electrons. The number of nitrogens with zero attached hydrogens (tertiary/aromatic N) is 1. The van der Waals surface area contributed by atoms with Gasteiger partial charge in [-0.2, -0.15) is 4.31 Å². The van der Waals surface area contributed by atoms with Crippen LogP contribution in [-0.2, 0) is 30.8 Å². The molecule has 1 aliphatic rings. The summed E-state index contributed by atoms with van der Waals surface area (Å²) < 4.78 is 52.7. The first-order chi connectivity index (χ1) is 22.1. The van der Waals surface area contributed by atoms with E-state index in [-0.39, 0.29) is 24.0 Å². The fourth-order valence-corrected chi connectivity index (χ4v) is 7.41. The lowest BCUT2D eigenvalue weighted by molar-refractivity contribution is -0.145. The molecule has 0 bridgehead atoms. The number of benzene rings is 4. The quantitative estimate of drug-likeness (QED) is 0.137. The first kappa shape index (κ1) is 32.7. The van der Waals surface area contributed by atoms with E-state index in [1.54, 1.807) is 54.6 Å². The van der Waals surface area contributed by atoms with Gasteiger partial charge in [0.25, 0.3) is 0 Å². The summed E-state index contributed by atoms with van der Waals surface area (Å²) >= 11 is 0. The molecule has 0 aromatic heterocycles. The third kappa shape index (κ3) is 7.24. The Labute approximate surface area is 269 Å². The molecule has 0 N–H and O–H groups in total. The zero-order valence-electron chi connectivity index (χ0n) is 26.2. The van der Waals surface area contributed by atoms with Gasteiger partial charge in [-0.3, -0.25) is 9.59 Å². The van der Waals surface area contributed by atoms with E-state index >= 15 is 0 Å². The Morgan fingerprint density at radius 3 is 2.26 bits per heavy atom. The number of fused-ring (bicyclic) bond motifs is 1. The van der Waals surface area contributed by atoms with Gasteiger partial charge in [-0.25, -0.2) is 8.42 Å². The number of carbonyl (C=O) groups excluding carboxylic acids is 2. The van der Waals surface area contributed by atoms with Crippen LogP contribution in [0.5, 0.6) is 17.2 Å². The van der Waals surface area contributed by atoms with Crippen LogP contribution in [0.1, 0.15) is 54.7 Å². The van der Waals surface area contributed by atoms with Gasteiger partial charge in [0.05, 0.1) is 18.0 Å². The molecule has 0 saturated carbocycles. The molecule has 0 fully saturated rings. The summed E-state index contributed by atoms with van der Waals surface area (Å²) in [4.78, 5) is 24.8. The van der Waals surface area contributed by atoms with Crippen LogP contribution in [-0.4, -0.2) is 44.4 Å². The average molecular weight is 644 g/mol. The number of aryl methyl sites for hydroxylation is 1. The number of methoxy groups -OCH3 is 1. The highest BCUT2D eigenvalue weighted by atomic mass is 32.2. The van der Waals surface area contributed by atoms with Crippen molar-refractivity contribution in [2.45, 2.75) is 56.7 Å².